The number of carbonyl (C=O) groups excluding carboxylic acids is 5. The average molecular weight is 950 g/mol. The lowest BCUT2D eigenvalue weighted by molar-refractivity contribution is -0.345. The maximum Gasteiger partial charge on any atom is 0.341 e. The molecule has 15 unspecified atom stereocenters. The number of thioether (sulfide) groups is 2. The molecule has 64 heavy (non-hydrogen) atoms. The SMILES string of the molecule is CCC(C)C(=O)OC(C)C1(O)C(C)OC(OC2C(O)C(C3(O)CC(=O)C(=N)C(C(=O)O)=C3O)OC(COC(C)=O)C2OC(=O)C2N=C(SCC(NC(C)=O)C(=O)O)SC2C)CC1OC. The zero-order valence-corrected chi connectivity index (χ0v) is 37.8. The van der Waals surface area contributed by atoms with Crippen molar-refractivity contribution in [2.24, 2.45) is 10.9 Å². The summed E-state index contributed by atoms with van der Waals surface area (Å²) in [7, 11) is 1.25. The van der Waals surface area contributed by atoms with Crippen LogP contribution < -0.4 is 5.32 Å². The van der Waals surface area contributed by atoms with Crippen LogP contribution in [0.25, 0.3) is 0 Å². The molecule has 0 radical (unpaired) electrons. The highest BCUT2D eigenvalue weighted by Gasteiger charge is 2.62. The first-order chi connectivity index (χ1) is 29.8. The molecule has 0 aromatic rings. The number of hydrogen-bond donors (Lipinski definition) is 8. The van der Waals surface area contributed by atoms with Crippen molar-refractivity contribution in [2.45, 2.75) is 151 Å². The lowest BCUT2D eigenvalue weighted by Crippen LogP contribution is -2.70. The van der Waals surface area contributed by atoms with Gasteiger partial charge < -0.3 is 69.1 Å². The molecular formula is C39H55N3O20S2. The van der Waals surface area contributed by atoms with Crippen molar-refractivity contribution in [1.29, 1.82) is 5.41 Å². The van der Waals surface area contributed by atoms with Crippen LogP contribution >= 0.6 is 23.5 Å². The lowest BCUT2D eigenvalue weighted by atomic mass is 9.74. The molecule has 3 aliphatic heterocycles. The largest absolute Gasteiger partial charge is 0.508 e. The number of carbonyl (C=O) groups is 7. The third-order valence-electron chi connectivity index (χ3n) is 11.4. The zero-order chi connectivity index (χ0) is 48.2. The Hall–Kier alpha value is -4.21. The number of aliphatic hydroxyl groups excluding tert-OH is 2. The van der Waals surface area contributed by atoms with Gasteiger partial charge >= 0.3 is 29.8 Å². The summed E-state index contributed by atoms with van der Waals surface area (Å²) in [5.41, 5.74) is -7.53. The first-order valence-corrected chi connectivity index (χ1v) is 22.0. The van der Waals surface area contributed by atoms with E-state index in [9.17, 15) is 64.2 Å². The molecule has 8 N–H and O–H groups in total. The smallest absolute Gasteiger partial charge is 0.341 e. The van der Waals surface area contributed by atoms with Crippen molar-refractivity contribution in [3.05, 3.63) is 11.3 Å². The van der Waals surface area contributed by atoms with E-state index in [1.54, 1.807) is 20.8 Å². The Morgan fingerprint density at radius 1 is 1.08 bits per heavy atom. The highest BCUT2D eigenvalue weighted by Crippen LogP contribution is 2.43. The first-order valence-electron chi connectivity index (χ1n) is 20.1. The van der Waals surface area contributed by atoms with Gasteiger partial charge in [-0.3, -0.25) is 29.6 Å². The average Bonchev–Trinajstić information content (AvgIpc) is 3.59. The molecule has 0 aromatic heterocycles. The van der Waals surface area contributed by atoms with Gasteiger partial charge in [-0.25, -0.2) is 14.4 Å². The van der Waals surface area contributed by atoms with E-state index < -0.39 is 161 Å². The van der Waals surface area contributed by atoms with Crippen LogP contribution in [0, 0.1) is 11.3 Å². The van der Waals surface area contributed by atoms with Gasteiger partial charge in [-0.05, 0) is 20.3 Å². The first kappa shape index (κ1) is 52.4. The van der Waals surface area contributed by atoms with Gasteiger partial charge in [0, 0.05) is 38.4 Å². The molecule has 4 aliphatic rings. The van der Waals surface area contributed by atoms with Gasteiger partial charge in [-0.2, -0.15) is 0 Å². The molecule has 15 atom stereocenters. The number of nitrogens with zero attached hydrogens (tertiary/aromatic N) is 1. The van der Waals surface area contributed by atoms with Gasteiger partial charge in [0.1, 0.15) is 64.6 Å². The van der Waals surface area contributed by atoms with E-state index in [1.165, 1.54) is 21.0 Å². The molecule has 2 saturated heterocycles. The topological polar surface area (TPSA) is 354 Å². The standard InChI is InChI=1S/C39H55N3O20S2/c1-9-14(2)35(52)59-17(5)39(55)16(4)58-24(10-23(39)56-8)61-30-28(46)32(38(54)11-21(45)26(40)25(31(38)47)34(50)51)60-22(12-57-19(7)44)29(30)62-36(53)27-15(3)64-37(42-27)63-13-20(33(48)49)41-18(6)43/h14-17,20,22-24,27-30,32,40,46-47,54-55H,9-13H2,1-8H3,(H,41,43)(H,48,49)(H,50,51). The Kier molecular flexibility index (Phi) is 17.5. The van der Waals surface area contributed by atoms with Crippen LogP contribution in [-0.4, -0.2) is 185 Å². The molecule has 25 heteroatoms. The fraction of sp³-hybridized carbons (Fsp3) is 0.718. The fourth-order valence-corrected chi connectivity index (χ4v) is 10.0. The molecule has 3 heterocycles. The number of hydrogen-bond acceptors (Lipinski definition) is 22. The van der Waals surface area contributed by atoms with Gasteiger partial charge in [-0.1, -0.05) is 44.3 Å². The summed E-state index contributed by atoms with van der Waals surface area (Å²) in [6.45, 7) is 9.26. The van der Waals surface area contributed by atoms with Crippen molar-refractivity contribution in [1.82, 2.24) is 5.32 Å². The monoisotopic (exact) mass is 949 g/mol. The van der Waals surface area contributed by atoms with Gasteiger partial charge in [0.05, 0.1) is 24.5 Å². The number of esters is 3. The molecule has 0 saturated carbocycles. The molecule has 1 aliphatic carbocycles. The van der Waals surface area contributed by atoms with Gasteiger partial charge in [0.25, 0.3) is 0 Å². The molecule has 0 aromatic carbocycles. The Morgan fingerprint density at radius 3 is 2.30 bits per heavy atom. The van der Waals surface area contributed by atoms with Crippen molar-refractivity contribution in [3.63, 3.8) is 0 Å². The maximum absolute atomic E-state index is 14.1. The molecule has 1 amide bonds. The minimum absolute atomic E-state index is 0.161. The Morgan fingerprint density at radius 2 is 1.73 bits per heavy atom. The normalized spacial score (nSPS) is 34.5. The van der Waals surface area contributed by atoms with E-state index in [2.05, 4.69) is 10.3 Å². The number of rotatable bonds is 17. The highest BCUT2D eigenvalue weighted by molar-refractivity contribution is 8.39. The number of aliphatic imine (C=N–C) groups is 1. The minimum atomic E-state index is -3.08. The molecule has 2 fully saturated rings. The Bertz CT molecular complexity index is 1920. The zero-order valence-electron chi connectivity index (χ0n) is 36.2. The summed E-state index contributed by atoms with van der Waals surface area (Å²) in [5.74, 6) is -9.78. The van der Waals surface area contributed by atoms with Gasteiger partial charge in [0.2, 0.25) is 5.91 Å². The third-order valence-corrected chi connectivity index (χ3v) is 13.8. The van der Waals surface area contributed by atoms with E-state index in [-0.39, 0.29) is 16.5 Å². The number of nitrogens with one attached hydrogen (secondary N) is 2. The summed E-state index contributed by atoms with van der Waals surface area (Å²) in [6.07, 6.45) is -16.3. The molecule has 0 bridgehead atoms. The molecule has 4 rings (SSSR count). The third kappa shape index (κ3) is 11.2. The van der Waals surface area contributed by atoms with E-state index in [0.29, 0.717) is 6.42 Å². The second-order valence-electron chi connectivity index (χ2n) is 15.8. The Labute approximate surface area is 375 Å². The number of amides is 1. The Balaban J connectivity index is 1.76. The quantitative estimate of drug-likeness (QED) is 0.0681. The van der Waals surface area contributed by atoms with E-state index in [0.717, 1.165) is 37.4 Å². The van der Waals surface area contributed by atoms with Gasteiger partial charge in [-0.15, -0.1) is 0 Å². The predicted octanol–water partition coefficient (Wildman–Crippen LogP) is -0.364. The van der Waals surface area contributed by atoms with Crippen molar-refractivity contribution < 1.29 is 97.4 Å². The number of ether oxygens (including phenoxy) is 7. The summed E-state index contributed by atoms with van der Waals surface area (Å²) < 4.78 is 41.0. The number of methoxy groups -OCH3 is 1. The van der Waals surface area contributed by atoms with Crippen molar-refractivity contribution >= 4 is 75.1 Å². The fourth-order valence-electron chi connectivity index (χ4n) is 7.56. The lowest BCUT2D eigenvalue weighted by Gasteiger charge is -2.52. The van der Waals surface area contributed by atoms with Crippen LogP contribution in [0.5, 0.6) is 0 Å². The van der Waals surface area contributed by atoms with E-state index >= 15 is 0 Å². The number of Topliss-reactive ketones (excluding diaryl/α,β-unsaturated/α-hetero) is 1. The van der Waals surface area contributed by atoms with Crippen LogP contribution in [0.1, 0.15) is 67.7 Å². The van der Waals surface area contributed by atoms with Crippen LogP contribution in [0.2, 0.25) is 0 Å². The number of aliphatic carboxylic acids is 2. The number of carboxylic acid groups (broad SMARTS) is 2. The maximum atomic E-state index is 14.1. The summed E-state index contributed by atoms with van der Waals surface area (Å²) >= 11 is 2.03. The predicted molar refractivity (Wildman–Crippen MR) is 221 cm³/mol. The minimum Gasteiger partial charge on any atom is -0.508 e. The molecule has 23 nitrogen and oxygen atoms in total. The number of aliphatic hydroxyl groups is 4. The van der Waals surface area contributed by atoms with Crippen LogP contribution in [0.4, 0.5) is 0 Å². The van der Waals surface area contributed by atoms with Gasteiger partial charge in [0.15, 0.2) is 35.4 Å². The number of carboxylic acids is 2. The second kappa shape index (κ2) is 21.4. The highest BCUT2D eigenvalue weighted by atomic mass is 32.2. The van der Waals surface area contributed by atoms with E-state index in [4.69, 9.17) is 38.6 Å². The second-order valence-corrected chi connectivity index (χ2v) is 18.5. The summed E-state index contributed by atoms with van der Waals surface area (Å²) in [5, 5.41) is 76.2. The van der Waals surface area contributed by atoms with E-state index in [1.807, 2.05) is 0 Å². The van der Waals surface area contributed by atoms with Crippen LogP contribution in [-0.2, 0) is 66.7 Å². The molecule has 0 spiro atoms. The molecular weight excluding hydrogens is 895 g/mol. The molecule has 358 valence electrons. The summed E-state index contributed by atoms with van der Waals surface area (Å²) in [4.78, 5) is 91.7. The van der Waals surface area contributed by atoms with Crippen molar-refractivity contribution in [3.8, 4) is 0 Å². The number of ketones is 1. The summed E-state index contributed by atoms with van der Waals surface area (Å²) in [6, 6.07) is -2.58. The van der Waals surface area contributed by atoms with Crippen molar-refractivity contribution in [2.75, 3.05) is 19.5 Å². The van der Waals surface area contributed by atoms with Crippen LogP contribution in [0.15, 0.2) is 16.3 Å². The van der Waals surface area contributed by atoms with Crippen LogP contribution in [0.3, 0.4) is 0 Å².